The molecule has 2 rings (SSSR count). The zero-order valence-electron chi connectivity index (χ0n) is 24.1. The molecule has 10 heteroatoms. The van der Waals surface area contributed by atoms with E-state index >= 15 is 0 Å². The van der Waals surface area contributed by atoms with Crippen LogP contribution in [0.5, 0.6) is 0 Å². The quantitative estimate of drug-likeness (QED) is 0.187. The van der Waals surface area contributed by atoms with Gasteiger partial charge in [-0.15, -0.1) is 0 Å². The molecule has 0 aliphatic rings. The van der Waals surface area contributed by atoms with E-state index < -0.39 is 41.4 Å². The first-order chi connectivity index (χ1) is 18.8. The number of carbonyl (C=O) groups is 4. The monoisotopic (exact) mass is 588 g/mol. The van der Waals surface area contributed by atoms with Crippen molar-refractivity contribution in [3.05, 3.63) is 59.7 Å². The number of benzene rings is 2. The maximum Gasteiger partial charge on any atom is 0.329 e. The fraction of sp³-hybridized carbons (Fsp3) is 0.467. The molecule has 4 atom stereocenters. The van der Waals surface area contributed by atoms with E-state index in [0.717, 1.165) is 0 Å². The Hall–Kier alpha value is -2.98. The largest absolute Gasteiger partial charge is 0.480 e. The predicted octanol–water partition coefficient (Wildman–Crippen LogP) is 6.20. The van der Waals surface area contributed by atoms with E-state index in [4.69, 9.17) is 4.74 Å². The summed E-state index contributed by atoms with van der Waals surface area (Å²) in [6.45, 7) is 12.9. The van der Waals surface area contributed by atoms with Crippen LogP contribution < -0.4 is 10.6 Å². The number of carboxylic acid groups (broad SMARTS) is 1. The van der Waals surface area contributed by atoms with Crippen molar-refractivity contribution >= 4 is 45.3 Å². The van der Waals surface area contributed by atoms with Crippen LogP contribution in [-0.2, 0) is 14.3 Å². The molecule has 0 saturated heterocycles. The fourth-order valence-electron chi connectivity index (χ4n) is 3.70. The Morgan fingerprint density at radius 3 is 1.57 bits per heavy atom. The summed E-state index contributed by atoms with van der Waals surface area (Å²) in [7, 11) is 2.59. The third kappa shape index (κ3) is 9.59. The van der Waals surface area contributed by atoms with Crippen LogP contribution in [0.2, 0.25) is 0 Å². The van der Waals surface area contributed by atoms with Gasteiger partial charge in [0, 0.05) is 9.79 Å². The van der Waals surface area contributed by atoms with E-state index in [1.54, 1.807) is 70.2 Å². The smallest absolute Gasteiger partial charge is 0.329 e. The molecule has 3 N–H and O–H groups in total. The number of ether oxygens (including phenoxy) is 1. The third-order valence-corrected chi connectivity index (χ3v) is 8.89. The minimum atomic E-state index is -1.08. The predicted molar refractivity (Wildman–Crippen MR) is 159 cm³/mol. The number of hydrogen-bond acceptors (Lipinski definition) is 7. The lowest BCUT2D eigenvalue weighted by Crippen LogP contribution is -2.47. The number of carboxylic acids is 1. The molecule has 0 aromatic heterocycles. The average molecular weight is 589 g/mol. The Morgan fingerprint density at radius 1 is 0.775 bits per heavy atom. The van der Waals surface area contributed by atoms with Crippen molar-refractivity contribution in [2.24, 2.45) is 11.8 Å². The van der Waals surface area contributed by atoms with Crippen LogP contribution in [0.25, 0.3) is 0 Å². The number of amides is 2. The van der Waals surface area contributed by atoms with Crippen LogP contribution in [-0.4, -0.2) is 46.5 Å². The molecule has 4 unspecified atom stereocenters. The average Bonchev–Trinajstić information content (AvgIpc) is 2.91. The first-order valence-electron chi connectivity index (χ1n) is 13.4. The molecule has 0 radical (unpaired) electrons. The van der Waals surface area contributed by atoms with Gasteiger partial charge >= 0.3 is 11.9 Å². The molecule has 0 aliphatic heterocycles. The van der Waals surface area contributed by atoms with Crippen LogP contribution in [0.4, 0.5) is 0 Å². The van der Waals surface area contributed by atoms with E-state index in [0.29, 0.717) is 33.8 Å². The Bertz CT molecular complexity index is 1200. The zero-order chi connectivity index (χ0) is 30.0. The lowest BCUT2D eigenvalue weighted by atomic mass is 9.98. The van der Waals surface area contributed by atoms with E-state index in [9.17, 15) is 24.3 Å². The van der Waals surface area contributed by atoms with Crippen molar-refractivity contribution < 1.29 is 29.0 Å². The van der Waals surface area contributed by atoms with Crippen molar-refractivity contribution in [3.8, 4) is 0 Å². The van der Waals surface area contributed by atoms with Crippen LogP contribution in [0, 0.1) is 11.8 Å². The summed E-state index contributed by atoms with van der Waals surface area (Å²) in [6.07, 6.45) is 1.28. The van der Waals surface area contributed by atoms with Gasteiger partial charge in [-0.05, 0) is 56.9 Å². The number of carbonyl (C=O) groups excluding carboxylic acids is 3. The van der Waals surface area contributed by atoms with Crippen molar-refractivity contribution in [1.82, 2.24) is 10.6 Å². The minimum Gasteiger partial charge on any atom is -0.480 e. The molecule has 0 aliphatic carbocycles. The molecule has 0 bridgehead atoms. The van der Waals surface area contributed by atoms with Crippen molar-refractivity contribution in [2.75, 3.05) is 0 Å². The lowest BCUT2D eigenvalue weighted by molar-refractivity contribution is -0.158. The molecule has 0 fully saturated rings. The van der Waals surface area contributed by atoms with E-state index in [-0.39, 0.29) is 11.8 Å². The first kappa shape index (κ1) is 33.2. The molecular weight excluding hydrogens is 548 g/mol. The van der Waals surface area contributed by atoms with Gasteiger partial charge in [0.25, 0.3) is 11.8 Å². The topological polar surface area (TPSA) is 122 Å². The normalized spacial score (nSPS) is 14.4. The molecule has 0 spiro atoms. The SMILES string of the molecule is CCC(C)C(NC(=O)c1ccccc1SSc1ccccc1C(=O)NC(C(=O)OC(C)(C)C)C(C)CC)C(=O)O. The molecule has 40 heavy (non-hydrogen) atoms. The van der Waals surface area contributed by atoms with E-state index in [1.807, 2.05) is 26.8 Å². The van der Waals surface area contributed by atoms with Gasteiger partial charge < -0.3 is 20.5 Å². The second-order valence-corrected chi connectivity index (χ2v) is 12.9. The van der Waals surface area contributed by atoms with Gasteiger partial charge in [-0.1, -0.05) is 86.4 Å². The molecule has 0 saturated carbocycles. The summed E-state index contributed by atoms with van der Waals surface area (Å²) < 4.78 is 5.56. The first-order valence-corrected chi connectivity index (χ1v) is 15.5. The highest BCUT2D eigenvalue weighted by Crippen LogP contribution is 2.40. The molecule has 2 aromatic carbocycles. The molecule has 2 amide bonds. The van der Waals surface area contributed by atoms with Crippen molar-refractivity contribution in [3.63, 3.8) is 0 Å². The Labute approximate surface area is 244 Å². The molecular formula is C30H40N2O6S2. The molecule has 218 valence electrons. The summed E-state index contributed by atoms with van der Waals surface area (Å²) in [4.78, 5) is 52.3. The number of esters is 1. The zero-order valence-corrected chi connectivity index (χ0v) is 25.8. The van der Waals surface area contributed by atoms with Crippen LogP contribution in [0.15, 0.2) is 58.3 Å². The van der Waals surface area contributed by atoms with Crippen LogP contribution in [0.1, 0.15) is 82.0 Å². The van der Waals surface area contributed by atoms with Crippen molar-refractivity contribution in [2.45, 2.75) is 88.8 Å². The minimum absolute atomic E-state index is 0.136. The van der Waals surface area contributed by atoms with Gasteiger partial charge in [-0.3, -0.25) is 9.59 Å². The number of hydrogen-bond donors (Lipinski definition) is 3. The third-order valence-electron chi connectivity index (χ3n) is 6.41. The second kappa shape index (κ2) is 15.1. The van der Waals surface area contributed by atoms with E-state index in [1.165, 1.54) is 21.6 Å². The van der Waals surface area contributed by atoms with Gasteiger partial charge in [-0.25, -0.2) is 9.59 Å². The van der Waals surface area contributed by atoms with Crippen LogP contribution in [0.3, 0.4) is 0 Å². The highest BCUT2D eigenvalue weighted by molar-refractivity contribution is 8.76. The number of nitrogens with one attached hydrogen (secondary N) is 2. The standard InChI is InChI=1S/C30H40N2O6S2/c1-8-18(3)24(28(35)36)31-26(33)20-14-10-12-16-22(20)39-40-23-17-13-11-15-21(23)27(34)32-25(19(4)9-2)29(37)38-30(5,6)7/h10-19,24-25H,8-9H2,1-7H3,(H,31,33)(H,32,34)(H,35,36). The Balaban J connectivity index is 2.24. The summed E-state index contributed by atoms with van der Waals surface area (Å²) in [5.41, 5.74) is 0.0520. The van der Waals surface area contributed by atoms with Gasteiger partial charge in [0.2, 0.25) is 0 Å². The maximum absolute atomic E-state index is 13.4. The number of rotatable bonds is 13. The molecule has 0 heterocycles. The Morgan fingerprint density at radius 2 is 1.18 bits per heavy atom. The second-order valence-electron chi connectivity index (χ2n) is 10.7. The summed E-state index contributed by atoms with van der Waals surface area (Å²) in [6, 6.07) is 12.2. The lowest BCUT2D eigenvalue weighted by Gasteiger charge is -2.27. The molecule has 2 aromatic rings. The highest BCUT2D eigenvalue weighted by atomic mass is 33.1. The van der Waals surface area contributed by atoms with Gasteiger partial charge in [0.15, 0.2) is 0 Å². The molecule has 8 nitrogen and oxygen atoms in total. The van der Waals surface area contributed by atoms with Gasteiger partial charge in [0.05, 0.1) is 11.1 Å². The summed E-state index contributed by atoms with van der Waals surface area (Å²) in [5, 5.41) is 15.1. The van der Waals surface area contributed by atoms with Gasteiger partial charge in [-0.2, -0.15) is 0 Å². The fourth-order valence-corrected chi connectivity index (χ4v) is 6.06. The van der Waals surface area contributed by atoms with E-state index in [2.05, 4.69) is 10.6 Å². The summed E-state index contributed by atoms with van der Waals surface area (Å²) >= 11 is 0. The Kier molecular flexibility index (Phi) is 12.6. The summed E-state index contributed by atoms with van der Waals surface area (Å²) in [5.74, 6) is -2.81. The number of aliphatic carboxylic acids is 1. The highest BCUT2D eigenvalue weighted by Gasteiger charge is 2.31. The van der Waals surface area contributed by atoms with Crippen molar-refractivity contribution in [1.29, 1.82) is 0 Å². The maximum atomic E-state index is 13.4. The van der Waals surface area contributed by atoms with Crippen LogP contribution >= 0.6 is 21.6 Å². The van der Waals surface area contributed by atoms with Gasteiger partial charge in [0.1, 0.15) is 17.7 Å².